The molecule has 0 spiro atoms. The van der Waals surface area contributed by atoms with Crippen LogP contribution in [0.4, 0.5) is 48.3 Å². The highest BCUT2D eigenvalue weighted by molar-refractivity contribution is 6.20. The molecule has 0 aromatic rings. The second-order valence-electron chi connectivity index (χ2n) is 4.76. The fourth-order valence-electron chi connectivity index (χ4n) is 1.17. The van der Waals surface area contributed by atoms with Crippen LogP contribution in [-0.4, -0.2) is 69.0 Å². The van der Waals surface area contributed by atoms with Gasteiger partial charge in [-0.3, -0.25) is 0 Å². The van der Waals surface area contributed by atoms with Crippen molar-refractivity contribution < 1.29 is 62.5 Å². The van der Waals surface area contributed by atoms with Crippen LogP contribution in [0.2, 0.25) is 0 Å². The van der Waals surface area contributed by atoms with E-state index in [1.54, 1.807) is 0 Å². The van der Waals surface area contributed by atoms with Gasteiger partial charge in [-0.25, -0.2) is 22.0 Å². The Bertz CT molecular complexity index is 383. The highest BCUT2D eigenvalue weighted by atomic mass is 35.5. The monoisotopic (exact) mass is 436 g/mol. The van der Waals surface area contributed by atoms with Crippen molar-refractivity contribution in [1.29, 1.82) is 0 Å². The average Bonchev–Trinajstić information content (AvgIpc) is 2.45. The highest BCUT2D eigenvalue weighted by Crippen LogP contribution is 2.29. The van der Waals surface area contributed by atoms with E-state index in [9.17, 15) is 48.3 Å². The zero-order valence-electron chi connectivity index (χ0n) is 12.4. The molecule has 0 aliphatic heterocycles. The number of hydrogen-bond donors (Lipinski definition) is 0. The summed E-state index contributed by atoms with van der Waals surface area (Å²) in [6.45, 7) is -6.71. The molecule has 1 atom stereocenters. The standard InChI is InChI=1S/C11H12ClF11O3/c12-6(13)11(22,23)26-5(1-24-3-9(18,19)7(14)15)2-25-4-10(20,21)8(16)17/h5-8H,1-4H2. The third kappa shape index (κ3) is 8.86. The predicted octanol–water partition coefficient (Wildman–Crippen LogP) is 4.33. The molecule has 0 heterocycles. The molecular formula is C11H12ClF11O3. The normalized spacial score (nSPS) is 15.3. The molecule has 3 nitrogen and oxygen atoms in total. The number of halogens is 12. The molecule has 0 aliphatic rings. The Labute approximate surface area is 144 Å². The van der Waals surface area contributed by atoms with Gasteiger partial charge >= 0.3 is 30.8 Å². The first-order chi connectivity index (χ1) is 11.6. The summed E-state index contributed by atoms with van der Waals surface area (Å²) >= 11 is 4.45. The quantitative estimate of drug-likeness (QED) is 0.318. The Kier molecular flexibility index (Phi) is 9.85. The van der Waals surface area contributed by atoms with E-state index in [1.165, 1.54) is 0 Å². The summed E-state index contributed by atoms with van der Waals surface area (Å²) in [6.07, 6.45) is -15.4. The van der Waals surface area contributed by atoms with Gasteiger partial charge < -0.3 is 14.2 Å². The van der Waals surface area contributed by atoms with Crippen molar-refractivity contribution in [2.45, 2.75) is 42.5 Å². The fraction of sp³-hybridized carbons (Fsp3) is 1.00. The van der Waals surface area contributed by atoms with Gasteiger partial charge in [0.25, 0.3) is 5.63 Å². The van der Waals surface area contributed by atoms with E-state index in [2.05, 4.69) is 25.8 Å². The lowest BCUT2D eigenvalue weighted by molar-refractivity contribution is -0.295. The summed E-state index contributed by atoms with van der Waals surface area (Å²) in [5.74, 6) is -9.35. The second kappa shape index (κ2) is 10.1. The number of hydrogen-bond acceptors (Lipinski definition) is 3. The van der Waals surface area contributed by atoms with Crippen LogP contribution in [0.15, 0.2) is 0 Å². The first-order valence-corrected chi connectivity index (χ1v) is 6.86. The van der Waals surface area contributed by atoms with E-state index in [-0.39, 0.29) is 0 Å². The maximum atomic E-state index is 13.0. The van der Waals surface area contributed by atoms with Crippen LogP contribution in [0.5, 0.6) is 0 Å². The van der Waals surface area contributed by atoms with Gasteiger partial charge in [0.05, 0.1) is 13.2 Å². The molecule has 0 N–H and O–H groups in total. The second-order valence-corrected chi connectivity index (χ2v) is 5.14. The van der Waals surface area contributed by atoms with Gasteiger partial charge in [0.15, 0.2) is 0 Å². The van der Waals surface area contributed by atoms with Crippen LogP contribution < -0.4 is 0 Å². The molecule has 0 amide bonds. The molecule has 0 aliphatic carbocycles. The van der Waals surface area contributed by atoms with Crippen molar-refractivity contribution >= 4 is 11.6 Å². The molecule has 0 saturated carbocycles. The van der Waals surface area contributed by atoms with Crippen molar-refractivity contribution in [3.05, 3.63) is 0 Å². The third-order valence-electron chi connectivity index (χ3n) is 2.41. The molecule has 1 unspecified atom stereocenters. The predicted molar refractivity (Wildman–Crippen MR) is 64.1 cm³/mol. The van der Waals surface area contributed by atoms with Crippen molar-refractivity contribution in [3.63, 3.8) is 0 Å². The van der Waals surface area contributed by atoms with Gasteiger partial charge in [-0.15, -0.1) is 0 Å². The number of ether oxygens (including phenoxy) is 3. The summed E-state index contributed by atoms with van der Waals surface area (Å²) in [5.41, 5.74) is -3.46. The SMILES string of the molecule is FC(F)C(F)(F)COCC(COCC(F)(F)C(F)F)OC(F)(F)C(F)Cl. The smallest absolute Gasteiger partial charge is 0.372 e. The van der Waals surface area contributed by atoms with E-state index in [0.29, 0.717) is 0 Å². The van der Waals surface area contributed by atoms with Crippen molar-refractivity contribution in [3.8, 4) is 0 Å². The van der Waals surface area contributed by atoms with Gasteiger partial charge in [0.1, 0.15) is 19.3 Å². The Morgan fingerprint density at radius 3 is 1.31 bits per heavy atom. The van der Waals surface area contributed by atoms with E-state index in [0.717, 1.165) is 0 Å². The molecule has 0 radical (unpaired) electrons. The van der Waals surface area contributed by atoms with Crippen LogP contribution in [0.1, 0.15) is 0 Å². The summed E-state index contributed by atoms with van der Waals surface area (Å²) in [7, 11) is 0. The third-order valence-corrected chi connectivity index (χ3v) is 2.67. The minimum absolute atomic E-state index is 1.37. The topological polar surface area (TPSA) is 27.7 Å². The molecular weight excluding hydrogens is 425 g/mol. The van der Waals surface area contributed by atoms with Gasteiger partial charge in [0, 0.05) is 0 Å². The lowest BCUT2D eigenvalue weighted by atomic mass is 10.3. The van der Waals surface area contributed by atoms with Gasteiger partial charge in [-0.05, 0) is 0 Å². The molecule has 0 aromatic carbocycles. The van der Waals surface area contributed by atoms with Crippen LogP contribution >= 0.6 is 11.6 Å². The molecule has 0 saturated heterocycles. The van der Waals surface area contributed by atoms with Crippen molar-refractivity contribution in [2.75, 3.05) is 26.4 Å². The minimum atomic E-state index is -4.77. The molecule has 0 bridgehead atoms. The molecule has 0 rings (SSSR count). The first kappa shape index (κ1) is 25.4. The molecule has 0 aromatic heterocycles. The number of alkyl halides is 12. The van der Waals surface area contributed by atoms with E-state index in [4.69, 9.17) is 0 Å². The maximum absolute atomic E-state index is 13.0. The Morgan fingerprint density at radius 1 is 0.692 bits per heavy atom. The van der Waals surface area contributed by atoms with Crippen LogP contribution in [0, 0.1) is 0 Å². The van der Waals surface area contributed by atoms with Crippen molar-refractivity contribution in [2.24, 2.45) is 0 Å². The molecule has 158 valence electrons. The van der Waals surface area contributed by atoms with Crippen LogP contribution in [-0.2, 0) is 14.2 Å². The molecule has 26 heavy (non-hydrogen) atoms. The lowest BCUT2D eigenvalue weighted by Crippen LogP contribution is -2.41. The summed E-state index contributed by atoms with van der Waals surface area (Å²) in [5, 5.41) is 0. The zero-order valence-corrected chi connectivity index (χ0v) is 13.2. The summed E-state index contributed by atoms with van der Waals surface area (Å²) < 4.78 is 148. The Morgan fingerprint density at radius 2 is 1.04 bits per heavy atom. The molecule has 15 heteroatoms. The van der Waals surface area contributed by atoms with Crippen LogP contribution in [0.25, 0.3) is 0 Å². The zero-order chi connectivity index (χ0) is 20.8. The summed E-state index contributed by atoms with van der Waals surface area (Å²) in [4.78, 5) is 0. The van der Waals surface area contributed by atoms with E-state index < -0.39 is 69.0 Å². The maximum Gasteiger partial charge on any atom is 0.401 e. The minimum Gasteiger partial charge on any atom is -0.372 e. The van der Waals surface area contributed by atoms with Crippen molar-refractivity contribution in [1.82, 2.24) is 0 Å². The fourth-order valence-corrected chi connectivity index (χ4v) is 1.22. The van der Waals surface area contributed by atoms with Crippen LogP contribution in [0.3, 0.4) is 0 Å². The van der Waals surface area contributed by atoms with Gasteiger partial charge in [0.2, 0.25) is 0 Å². The van der Waals surface area contributed by atoms with E-state index >= 15 is 0 Å². The first-order valence-electron chi connectivity index (χ1n) is 6.43. The molecule has 0 fully saturated rings. The largest absolute Gasteiger partial charge is 0.401 e. The Balaban J connectivity index is 4.76. The van der Waals surface area contributed by atoms with Gasteiger partial charge in [-0.2, -0.15) is 26.3 Å². The Hall–Kier alpha value is -0.600. The lowest BCUT2D eigenvalue weighted by Gasteiger charge is -2.25. The average molecular weight is 437 g/mol. The number of rotatable bonds is 13. The van der Waals surface area contributed by atoms with Gasteiger partial charge in [-0.1, -0.05) is 11.6 Å². The highest BCUT2D eigenvalue weighted by Gasteiger charge is 2.45. The summed E-state index contributed by atoms with van der Waals surface area (Å²) in [6, 6.07) is 0. The van der Waals surface area contributed by atoms with E-state index in [1.807, 2.05) is 0 Å².